The topological polar surface area (TPSA) is 72.5 Å². The molecule has 0 aromatic heterocycles. The maximum absolute atomic E-state index is 11.3. The van der Waals surface area contributed by atoms with Crippen molar-refractivity contribution in [3.05, 3.63) is 35.4 Å². The number of hydrogen-bond acceptors (Lipinski definition) is 4. The molecule has 5 heteroatoms. The number of imide groups is 1. The number of esters is 1. The molecular formula is C11H11NO4. The Labute approximate surface area is 92.4 Å². The number of benzene rings is 1. The average molecular weight is 221 g/mol. The van der Waals surface area contributed by atoms with Crippen LogP contribution in [0.4, 0.5) is 0 Å². The summed E-state index contributed by atoms with van der Waals surface area (Å²) in [7, 11) is 0. The van der Waals surface area contributed by atoms with Crippen LogP contribution in [0.15, 0.2) is 24.3 Å². The van der Waals surface area contributed by atoms with Gasteiger partial charge in [0.25, 0.3) is 5.91 Å². The molecule has 0 unspecified atom stereocenters. The quantitative estimate of drug-likeness (QED) is 0.601. The van der Waals surface area contributed by atoms with Gasteiger partial charge in [0.1, 0.15) is 0 Å². The van der Waals surface area contributed by atoms with Crippen LogP contribution in [0, 0.1) is 0 Å². The van der Waals surface area contributed by atoms with Gasteiger partial charge in [0.2, 0.25) is 6.41 Å². The van der Waals surface area contributed by atoms with E-state index in [1.165, 1.54) is 24.3 Å². The maximum atomic E-state index is 11.3. The second kappa shape index (κ2) is 5.65. The van der Waals surface area contributed by atoms with Crippen LogP contribution in [0.25, 0.3) is 0 Å². The van der Waals surface area contributed by atoms with Crippen LogP contribution in [-0.4, -0.2) is 24.9 Å². The highest BCUT2D eigenvalue weighted by atomic mass is 16.5. The van der Waals surface area contributed by atoms with Crippen LogP contribution in [0.5, 0.6) is 0 Å². The molecule has 0 aliphatic heterocycles. The van der Waals surface area contributed by atoms with Crippen LogP contribution in [0.3, 0.4) is 0 Å². The predicted molar refractivity (Wildman–Crippen MR) is 55.9 cm³/mol. The van der Waals surface area contributed by atoms with Crippen LogP contribution >= 0.6 is 0 Å². The molecule has 0 spiro atoms. The van der Waals surface area contributed by atoms with E-state index in [1.807, 2.05) is 5.32 Å². The molecule has 16 heavy (non-hydrogen) atoms. The van der Waals surface area contributed by atoms with Gasteiger partial charge in [0, 0.05) is 5.56 Å². The number of rotatable bonds is 4. The van der Waals surface area contributed by atoms with Gasteiger partial charge in [0.15, 0.2) is 0 Å². The summed E-state index contributed by atoms with van der Waals surface area (Å²) in [4.78, 5) is 32.5. The van der Waals surface area contributed by atoms with Crippen molar-refractivity contribution in [1.82, 2.24) is 5.32 Å². The summed E-state index contributed by atoms with van der Waals surface area (Å²) in [5, 5.41) is 2.00. The van der Waals surface area contributed by atoms with E-state index in [-0.39, 0.29) is 0 Å². The van der Waals surface area contributed by atoms with E-state index in [1.54, 1.807) is 6.92 Å². The van der Waals surface area contributed by atoms with Crippen molar-refractivity contribution in [3.63, 3.8) is 0 Å². The summed E-state index contributed by atoms with van der Waals surface area (Å²) in [6.07, 6.45) is 0.307. The van der Waals surface area contributed by atoms with Gasteiger partial charge < -0.3 is 4.74 Å². The zero-order valence-electron chi connectivity index (χ0n) is 8.73. The zero-order chi connectivity index (χ0) is 12.0. The van der Waals surface area contributed by atoms with Gasteiger partial charge in [-0.25, -0.2) is 4.79 Å². The Balaban J connectivity index is 2.78. The number of carbonyl (C=O) groups is 3. The van der Waals surface area contributed by atoms with Crippen molar-refractivity contribution < 1.29 is 19.1 Å². The standard InChI is InChI=1S/C11H11NO4/c1-2-16-11(15)9-5-3-8(4-6-9)10(14)12-7-13/h3-7H,2H2,1H3,(H,12,13,14). The molecule has 0 saturated heterocycles. The molecule has 0 saturated carbocycles. The Bertz CT molecular complexity index is 397. The van der Waals surface area contributed by atoms with Gasteiger partial charge in [-0.15, -0.1) is 0 Å². The molecular weight excluding hydrogens is 210 g/mol. The molecule has 84 valence electrons. The van der Waals surface area contributed by atoms with Gasteiger partial charge in [-0.3, -0.25) is 14.9 Å². The second-order valence-corrected chi connectivity index (χ2v) is 2.89. The number of hydrogen-bond donors (Lipinski definition) is 1. The molecule has 1 aromatic rings. The first-order valence-corrected chi connectivity index (χ1v) is 4.70. The minimum Gasteiger partial charge on any atom is -0.462 e. The van der Waals surface area contributed by atoms with Crippen molar-refractivity contribution >= 4 is 18.3 Å². The second-order valence-electron chi connectivity index (χ2n) is 2.89. The van der Waals surface area contributed by atoms with Gasteiger partial charge in [0.05, 0.1) is 12.2 Å². The predicted octanol–water partition coefficient (Wildman–Crippen LogP) is 0.750. The third kappa shape index (κ3) is 2.91. The van der Waals surface area contributed by atoms with Crippen LogP contribution < -0.4 is 5.32 Å². The zero-order valence-corrected chi connectivity index (χ0v) is 8.73. The summed E-state index contributed by atoms with van der Waals surface area (Å²) in [6.45, 7) is 2.01. The highest BCUT2D eigenvalue weighted by Gasteiger charge is 2.08. The van der Waals surface area contributed by atoms with E-state index < -0.39 is 11.9 Å². The fourth-order valence-electron chi connectivity index (χ4n) is 1.11. The lowest BCUT2D eigenvalue weighted by Crippen LogP contribution is -2.21. The third-order valence-electron chi connectivity index (χ3n) is 1.85. The Morgan fingerprint density at radius 3 is 2.31 bits per heavy atom. The molecule has 1 aromatic carbocycles. The van der Waals surface area contributed by atoms with Crippen LogP contribution in [0.1, 0.15) is 27.6 Å². The molecule has 2 amide bonds. The Morgan fingerprint density at radius 2 is 1.81 bits per heavy atom. The highest BCUT2D eigenvalue weighted by molar-refractivity contribution is 6.00. The summed E-state index contributed by atoms with van der Waals surface area (Å²) in [5.74, 6) is -0.949. The lowest BCUT2D eigenvalue weighted by molar-refractivity contribution is -0.108. The van der Waals surface area contributed by atoms with Gasteiger partial charge >= 0.3 is 5.97 Å². The van der Waals surface area contributed by atoms with Gasteiger partial charge in [-0.1, -0.05) is 0 Å². The maximum Gasteiger partial charge on any atom is 0.338 e. The van der Waals surface area contributed by atoms with Crippen LogP contribution in [-0.2, 0) is 9.53 Å². The molecule has 1 rings (SSSR count). The summed E-state index contributed by atoms with van der Waals surface area (Å²) < 4.78 is 4.78. The Morgan fingerprint density at radius 1 is 1.25 bits per heavy atom. The van der Waals surface area contributed by atoms with E-state index in [4.69, 9.17) is 4.74 Å². The van der Waals surface area contributed by atoms with Crippen molar-refractivity contribution in [3.8, 4) is 0 Å². The number of amides is 2. The van der Waals surface area contributed by atoms with E-state index in [0.717, 1.165) is 0 Å². The smallest absolute Gasteiger partial charge is 0.338 e. The molecule has 1 N–H and O–H groups in total. The van der Waals surface area contributed by atoms with E-state index in [9.17, 15) is 14.4 Å². The minimum atomic E-state index is -0.509. The summed E-state index contributed by atoms with van der Waals surface area (Å²) in [5.41, 5.74) is 0.671. The molecule has 0 atom stereocenters. The van der Waals surface area contributed by atoms with E-state index >= 15 is 0 Å². The van der Waals surface area contributed by atoms with Crippen molar-refractivity contribution in [1.29, 1.82) is 0 Å². The Hall–Kier alpha value is -2.17. The number of carbonyl (C=O) groups excluding carboxylic acids is 3. The number of ether oxygens (including phenoxy) is 1. The van der Waals surface area contributed by atoms with E-state index in [2.05, 4.69) is 0 Å². The first-order valence-electron chi connectivity index (χ1n) is 4.70. The molecule has 0 fully saturated rings. The SMILES string of the molecule is CCOC(=O)c1ccc(C(=O)NC=O)cc1. The fourth-order valence-corrected chi connectivity index (χ4v) is 1.11. The molecule has 0 bridgehead atoms. The number of nitrogens with one attached hydrogen (secondary N) is 1. The monoisotopic (exact) mass is 221 g/mol. The largest absolute Gasteiger partial charge is 0.462 e. The summed E-state index contributed by atoms with van der Waals surface area (Å²) in [6, 6.07) is 5.84. The van der Waals surface area contributed by atoms with Gasteiger partial charge in [-0.2, -0.15) is 0 Å². The third-order valence-corrected chi connectivity index (χ3v) is 1.85. The first-order chi connectivity index (χ1) is 7.69. The average Bonchev–Trinajstić information content (AvgIpc) is 2.30. The minimum absolute atomic E-state index is 0.298. The van der Waals surface area contributed by atoms with Crippen molar-refractivity contribution in [2.75, 3.05) is 6.61 Å². The fraction of sp³-hybridized carbons (Fsp3) is 0.182. The Kier molecular flexibility index (Phi) is 4.20. The van der Waals surface area contributed by atoms with Crippen molar-refractivity contribution in [2.45, 2.75) is 6.92 Å². The molecule has 5 nitrogen and oxygen atoms in total. The van der Waals surface area contributed by atoms with Gasteiger partial charge in [-0.05, 0) is 31.2 Å². The normalized spacial score (nSPS) is 9.31. The highest BCUT2D eigenvalue weighted by Crippen LogP contribution is 2.05. The molecule has 0 aliphatic carbocycles. The lowest BCUT2D eigenvalue weighted by Gasteiger charge is -2.02. The first kappa shape index (κ1) is 11.9. The molecule has 0 radical (unpaired) electrons. The molecule has 0 aliphatic rings. The van der Waals surface area contributed by atoms with E-state index in [0.29, 0.717) is 24.1 Å². The summed E-state index contributed by atoms with van der Waals surface area (Å²) >= 11 is 0. The van der Waals surface area contributed by atoms with Crippen LogP contribution in [0.2, 0.25) is 0 Å². The molecule has 0 heterocycles. The van der Waals surface area contributed by atoms with Crippen molar-refractivity contribution in [2.24, 2.45) is 0 Å². The lowest BCUT2D eigenvalue weighted by atomic mass is 10.1.